The number of nitrogens with zero attached hydrogens (tertiary/aromatic N) is 2. The molecule has 1 amide bonds. The lowest BCUT2D eigenvalue weighted by molar-refractivity contribution is -0.122. The van der Waals surface area contributed by atoms with E-state index in [0.29, 0.717) is 22.9 Å². The van der Waals surface area contributed by atoms with Crippen LogP contribution in [0.1, 0.15) is 13.3 Å². The lowest BCUT2D eigenvalue weighted by Gasteiger charge is -2.17. The predicted octanol–water partition coefficient (Wildman–Crippen LogP) is 3.33. The number of amides is 1. The second-order valence-corrected chi connectivity index (χ2v) is 6.50. The number of fused-ring (bicyclic) bond motifs is 1. The molecule has 0 aliphatic rings. The van der Waals surface area contributed by atoms with Crippen LogP contribution < -0.4 is 15.7 Å². The molecule has 3 rings (SSSR count). The maximum atomic E-state index is 12.6. The van der Waals surface area contributed by atoms with Crippen molar-refractivity contribution in [3.63, 3.8) is 0 Å². The van der Waals surface area contributed by atoms with Gasteiger partial charge in [-0.15, -0.1) is 0 Å². The molecule has 7 heteroatoms. The minimum Gasteiger partial charge on any atom is -0.481 e. The van der Waals surface area contributed by atoms with Gasteiger partial charge in [0.15, 0.2) is 6.10 Å². The van der Waals surface area contributed by atoms with Gasteiger partial charge in [-0.1, -0.05) is 18.5 Å². The summed E-state index contributed by atoms with van der Waals surface area (Å²) in [6, 6.07) is 12.2. The van der Waals surface area contributed by atoms with Crippen molar-refractivity contribution >= 4 is 34.2 Å². The fourth-order valence-corrected chi connectivity index (χ4v) is 2.93. The van der Waals surface area contributed by atoms with Crippen molar-refractivity contribution in [2.24, 2.45) is 14.1 Å². The van der Waals surface area contributed by atoms with Gasteiger partial charge in [0.05, 0.1) is 11.0 Å². The van der Waals surface area contributed by atoms with Crippen LogP contribution in [-0.2, 0) is 18.9 Å². The lowest BCUT2D eigenvalue weighted by atomic mass is 10.2. The van der Waals surface area contributed by atoms with Gasteiger partial charge in [0.2, 0.25) is 0 Å². The predicted molar refractivity (Wildman–Crippen MR) is 103 cm³/mol. The molecule has 26 heavy (non-hydrogen) atoms. The number of carbonyl (C=O) groups excluding carboxylic acids is 1. The molecule has 0 spiro atoms. The average molecular weight is 374 g/mol. The zero-order valence-electron chi connectivity index (χ0n) is 14.8. The van der Waals surface area contributed by atoms with Crippen LogP contribution in [0, 0.1) is 0 Å². The van der Waals surface area contributed by atoms with Crippen LogP contribution in [0.5, 0.6) is 5.75 Å². The number of aromatic nitrogens is 2. The third-order valence-electron chi connectivity index (χ3n) is 4.29. The molecule has 0 unspecified atom stereocenters. The Morgan fingerprint density at radius 1 is 1.12 bits per heavy atom. The molecular formula is C19H20ClN3O3. The molecule has 6 nitrogen and oxygen atoms in total. The smallest absolute Gasteiger partial charge is 0.328 e. The molecule has 0 saturated carbocycles. The Kier molecular flexibility index (Phi) is 5.04. The molecule has 0 radical (unpaired) electrons. The Hall–Kier alpha value is -2.73. The van der Waals surface area contributed by atoms with Crippen molar-refractivity contribution < 1.29 is 9.53 Å². The zero-order chi connectivity index (χ0) is 18.8. The van der Waals surface area contributed by atoms with Crippen molar-refractivity contribution in [2.45, 2.75) is 19.4 Å². The highest BCUT2D eigenvalue weighted by molar-refractivity contribution is 6.30. The van der Waals surface area contributed by atoms with Crippen LogP contribution in [0.3, 0.4) is 0 Å². The molecule has 0 aliphatic carbocycles. The van der Waals surface area contributed by atoms with Crippen molar-refractivity contribution in [1.29, 1.82) is 0 Å². The first-order valence-corrected chi connectivity index (χ1v) is 8.67. The van der Waals surface area contributed by atoms with Gasteiger partial charge in [-0.3, -0.25) is 13.9 Å². The summed E-state index contributed by atoms with van der Waals surface area (Å²) in [5.74, 6) is 0.333. The van der Waals surface area contributed by atoms with E-state index in [9.17, 15) is 9.59 Å². The molecule has 136 valence electrons. The van der Waals surface area contributed by atoms with Crippen molar-refractivity contribution in [3.05, 3.63) is 58.0 Å². The molecule has 2 aromatic carbocycles. The molecular weight excluding hydrogens is 354 g/mol. The highest BCUT2D eigenvalue weighted by atomic mass is 35.5. The van der Waals surface area contributed by atoms with Crippen LogP contribution in [0.4, 0.5) is 5.69 Å². The summed E-state index contributed by atoms with van der Waals surface area (Å²) < 4.78 is 8.87. The second-order valence-electron chi connectivity index (χ2n) is 6.06. The minimum atomic E-state index is -0.633. The lowest BCUT2D eigenvalue weighted by Crippen LogP contribution is -2.32. The van der Waals surface area contributed by atoms with Gasteiger partial charge in [-0.25, -0.2) is 4.79 Å². The number of benzene rings is 2. The SMILES string of the molecule is CC[C@H](Oc1ccc(Cl)cc1)C(=O)Nc1ccc2c(c1)n(C)c(=O)n2C. The number of hydrogen-bond donors (Lipinski definition) is 1. The summed E-state index contributed by atoms with van der Waals surface area (Å²) in [6.07, 6.45) is -0.118. The Morgan fingerprint density at radius 2 is 1.77 bits per heavy atom. The first kappa shape index (κ1) is 18.1. The number of ether oxygens (including phenoxy) is 1. The first-order chi connectivity index (χ1) is 12.4. The van der Waals surface area contributed by atoms with Gasteiger partial charge in [0.25, 0.3) is 5.91 Å². The van der Waals surface area contributed by atoms with Crippen molar-refractivity contribution in [1.82, 2.24) is 9.13 Å². The highest BCUT2D eigenvalue weighted by Gasteiger charge is 2.19. The van der Waals surface area contributed by atoms with Gasteiger partial charge in [0.1, 0.15) is 5.75 Å². The number of anilines is 1. The fourth-order valence-electron chi connectivity index (χ4n) is 2.81. The summed E-state index contributed by atoms with van der Waals surface area (Å²) in [5, 5.41) is 3.47. The maximum Gasteiger partial charge on any atom is 0.328 e. The minimum absolute atomic E-state index is 0.110. The van der Waals surface area contributed by atoms with Gasteiger partial charge in [-0.2, -0.15) is 0 Å². The molecule has 1 atom stereocenters. The van der Waals surface area contributed by atoms with E-state index in [1.807, 2.05) is 13.0 Å². The highest BCUT2D eigenvalue weighted by Crippen LogP contribution is 2.20. The quantitative estimate of drug-likeness (QED) is 0.746. The number of carbonyl (C=O) groups is 1. The maximum absolute atomic E-state index is 12.6. The van der Waals surface area contributed by atoms with Gasteiger partial charge >= 0.3 is 5.69 Å². The monoisotopic (exact) mass is 373 g/mol. The summed E-state index contributed by atoms with van der Waals surface area (Å²) in [7, 11) is 3.42. The number of hydrogen-bond acceptors (Lipinski definition) is 3. The van der Waals surface area contributed by atoms with Crippen LogP contribution >= 0.6 is 11.6 Å². The second kappa shape index (κ2) is 7.25. The fraction of sp³-hybridized carbons (Fsp3) is 0.263. The molecule has 1 N–H and O–H groups in total. The summed E-state index contributed by atoms with van der Waals surface area (Å²) in [5.41, 5.74) is 2.06. The van der Waals surface area contributed by atoms with E-state index in [1.165, 1.54) is 0 Å². The zero-order valence-corrected chi connectivity index (χ0v) is 15.6. The Bertz CT molecular complexity index is 1010. The van der Waals surface area contributed by atoms with Gasteiger partial charge < -0.3 is 10.1 Å². The van der Waals surface area contributed by atoms with Gasteiger partial charge in [-0.05, 0) is 48.9 Å². The summed E-state index contributed by atoms with van der Waals surface area (Å²) in [6.45, 7) is 1.88. The third kappa shape index (κ3) is 3.46. The van der Waals surface area contributed by atoms with Gasteiger partial charge in [0, 0.05) is 24.8 Å². The Labute approximate surface area is 155 Å². The molecule has 0 bridgehead atoms. The molecule has 1 aromatic heterocycles. The van der Waals surface area contributed by atoms with Crippen LogP contribution in [0.15, 0.2) is 47.3 Å². The number of halogens is 1. The van der Waals surface area contributed by atoms with E-state index in [2.05, 4.69) is 5.32 Å². The summed E-state index contributed by atoms with van der Waals surface area (Å²) >= 11 is 5.86. The Morgan fingerprint density at radius 3 is 2.42 bits per heavy atom. The van der Waals surface area contributed by atoms with Crippen LogP contribution in [0.25, 0.3) is 11.0 Å². The van der Waals surface area contributed by atoms with E-state index in [0.717, 1.165) is 11.0 Å². The standard InChI is InChI=1S/C19H20ClN3O3/c1-4-17(26-14-8-5-12(20)6-9-14)18(24)21-13-7-10-15-16(11-13)23(3)19(25)22(15)2/h5-11,17H,4H2,1-3H3,(H,21,24)/t17-/m0/s1. The van der Waals surface area contributed by atoms with Crippen molar-refractivity contribution in [3.8, 4) is 5.75 Å². The normalized spacial score (nSPS) is 12.2. The topological polar surface area (TPSA) is 65.3 Å². The number of nitrogens with one attached hydrogen (secondary N) is 1. The Balaban J connectivity index is 1.79. The van der Waals surface area contributed by atoms with Crippen LogP contribution in [0.2, 0.25) is 5.02 Å². The largest absolute Gasteiger partial charge is 0.481 e. The van der Waals surface area contributed by atoms with E-state index in [4.69, 9.17) is 16.3 Å². The van der Waals surface area contributed by atoms with E-state index in [-0.39, 0.29) is 11.6 Å². The van der Waals surface area contributed by atoms with E-state index < -0.39 is 6.10 Å². The molecule has 0 fully saturated rings. The van der Waals surface area contributed by atoms with Crippen molar-refractivity contribution in [2.75, 3.05) is 5.32 Å². The molecule has 1 heterocycles. The number of rotatable bonds is 5. The third-order valence-corrected chi connectivity index (χ3v) is 4.55. The molecule has 0 aliphatic heterocycles. The average Bonchev–Trinajstić information content (AvgIpc) is 2.85. The number of imidazole rings is 1. The van der Waals surface area contributed by atoms with E-state index in [1.54, 1.807) is 59.6 Å². The van der Waals surface area contributed by atoms with E-state index >= 15 is 0 Å². The molecule has 0 saturated heterocycles. The molecule has 3 aromatic rings. The summed E-state index contributed by atoms with van der Waals surface area (Å²) in [4.78, 5) is 24.6. The number of aryl methyl sites for hydroxylation is 2. The first-order valence-electron chi connectivity index (χ1n) is 8.29. The van der Waals surface area contributed by atoms with Crippen LogP contribution in [-0.4, -0.2) is 21.1 Å².